The van der Waals surface area contributed by atoms with Gasteiger partial charge in [-0.2, -0.15) is 0 Å². The van der Waals surface area contributed by atoms with Gasteiger partial charge in [0, 0.05) is 31.0 Å². The van der Waals surface area contributed by atoms with Crippen molar-refractivity contribution in [3.8, 4) is 0 Å². The van der Waals surface area contributed by atoms with Gasteiger partial charge < -0.3 is 15.6 Å². The zero-order valence-electron chi connectivity index (χ0n) is 10.5. The van der Waals surface area contributed by atoms with E-state index in [1.807, 2.05) is 0 Å². The van der Waals surface area contributed by atoms with E-state index < -0.39 is 0 Å². The largest absolute Gasteiger partial charge is 0.365 e. The van der Waals surface area contributed by atoms with Crippen molar-refractivity contribution >= 4 is 5.82 Å². The van der Waals surface area contributed by atoms with Crippen molar-refractivity contribution in [1.29, 1.82) is 0 Å². The van der Waals surface area contributed by atoms with E-state index in [1.165, 1.54) is 6.42 Å². The number of hydrogen-bond acceptors (Lipinski definition) is 4. The molecule has 5 heteroatoms. The number of nitrogens with zero attached hydrogens (tertiary/aromatic N) is 2. The van der Waals surface area contributed by atoms with E-state index in [1.54, 1.807) is 17.0 Å². The van der Waals surface area contributed by atoms with Gasteiger partial charge in [-0.25, -0.2) is 4.98 Å². The summed E-state index contributed by atoms with van der Waals surface area (Å²) in [6, 6.07) is 0.668. The van der Waals surface area contributed by atoms with Crippen molar-refractivity contribution in [2.24, 2.45) is 11.7 Å². The number of rotatable bonds is 4. The van der Waals surface area contributed by atoms with Crippen LogP contribution < -0.4 is 16.6 Å². The average molecular weight is 248 g/mol. The van der Waals surface area contributed by atoms with Gasteiger partial charge in [0.1, 0.15) is 0 Å². The molecule has 2 aliphatic rings. The lowest BCUT2D eigenvalue weighted by Gasteiger charge is -2.16. The van der Waals surface area contributed by atoms with Crippen LogP contribution in [0.2, 0.25) is 0 Å². The Morgan fingerprint density at radius 3 is 2.89 bits per heavy atom. The van der Waals surface area contributed by atoms with Gasteiger partial charge in [0.25, 0.3) is 5.56 Å². The highest BCUT2D eigenvalue weighted by molar-refractivity contribution is 5.31. The lowest BCUT2D eigenvalue weighted by atomic mass is 10.1. The maximum Gasteiger partial charge on any atom is 0.293 e. The fourth-order valence-corrected chi connectivity index (χ4v) is 2.73. The maximum absolute atomic E-state index is 12.1. The van der Waals surface area contributed by atoms with Crippen LogP contribution in [0.4, 0.5) is 5.82 Å². The zero-order chi connectivity index (χ0) is 12.5. The molecule has 2 unspecified atom stereocenters. The highest BCUT2D eigenvalue weighted by Gasteiger charge is 2.26. The zero-order valence-corrected chi connectivity index (χ0v) is 10.5. The third kappa shape index (κ3) is 2.27. The third-order valence-electron chi connectivity index (χ3n) is 4.06. The van der Waals surface area contributed by atoms with E-state index in [2.05, 4.69) is 10.3 Å². The summed E-state index contributed by atoms with van der Waals surface area (Å²) in [5.74, 6) is 0.948. The molecule has 2 atom stereocenters. The Balaban J connectivity index is 1.69. The van der Waals surface area contributed by atoms with Gasteiger partial charge in [0.15, 0.2) is 5.82 Å². The van der Waals surface area contributed by atoms with E-state index in [9.17, 15) is 4.79 Å². The van der Waals surface area contributed by atoms with Gasteiger partial charge in [-0.05, 0) is 31.6 Å². The van der Waals surface area contributed by atoms with E-state index >= 15 is 0 Å². The Morgan fingerprint density at radius 1 is 1.39 bits per heavy atom. The van der Waals surface area contributed by atoms with Crippen molar-refractivity contribution in [2.45, 2.75) is 44.2 Å². The molecule has 0 aromatic carbocycles. The van der Waals surface area contributed by atoms with Crippen LogP contribution in [-0.4, -0.2) is 22.1 Å². The fraction of sp³-hybridized carbons (Fsp3) is 0.692. The normalized spacial score (nSPS) is 27.4. The molecule has 1 aromatic heterocycles. The summed E-state index contributed by atoms with van der Waals surface area (Å²) in [7, 11) is 0. The molecule has 0 bridgehead atoms. The van der Waals surface area contributed by atoms with Crippen molar-refractivity contribution in [3.63, 3.8) is 0 Å². The molecule has 2 saturated carbocycles. The second kappa shape index (κ2) is 4.72. The Kier molecular flexibility index (Phi) is 3.07. The monoisotopic (exact) mass is 248 g/mol. The molecular weight excluding hydrogens is 228 g/mol. The first-order chi connectivity index (χ1) is 8.75. The molecule has 0 aliphatic heterocycles. The van der Waals surface area contributed by atoms with E-state index in [0.717, 1.165) is 32.2 Å². The van der Waals surface area contributed by atoms with Crippen molar-refractivity contribution in [1.82, 2.24) is 9.55 Å². The third-order valence-corrected chi connectivity index (χ3v) is 4.06. The number of anilines is 1. The van der Waals surface area contributed by atoms with Crippen LogP contribution in [-0.2, 0) is 0 Å². The minimum absolute atomic E-state index is 0.00608. The summed E-state index contributed by atoms with van der Waals surface area (Å²) in [6.07, 6.45) is 9.15. The van der Waals surface area contributed by atoms with Gasteiger partial charge >= 0.3 is 0 Å². The van der Waals surface area contributed by atoms with E-state index in [0.29, 0.717) is 17.8 Å². The Bertz CT molecular complexity index is 480. The summed E-state index contributed by atoms with van der Waals surface area (Å²) >= 11 is 0. The van der Waals surface area contributed by atoms with Crippen LogP contribution in [0.3, 0.4) is 0 Å². The molecule has 1 heterocycles. The predicted octanol–water partition coefficient (Wildman–Crippen LogP) is 1.12. The topological polar surface area (TPSA) is 72.9 Å². The van der Waals surface area contributed by atoms with E-state index in [-0.39, 0.29) is 11.6 Å². The molecule has 0 saturated heterocycles. The smallest absolute Gasteiger partial charge is 0.293 e. The van der Waals surface area contributed by atoms with Crippen LogP contribution >= 0.6 is 0 Å². The minimum Gasteiger partial charge on any atom is -0.365 e. The molecule has 18 heavy (non-hydrogen) atoms. The quantitative estimate of drug-likeness (QED) is 0.837. The first-order valence-electron chi connectivity index (χ1n) is 6.82. The molecule has 2 fully saturated rings. The SMILES string of the molecule is NC1CCCC1CNc1nccn(C2CC2)c1=O. The number of nitrogens with one attached hydrogen (secondary N) is 1. The average Bonchev–Trinajstić information content (AvgIpc) is 3.12. The van der Waals surface area contributed by atoms with Gasteiger partial charge in [-0.1, -0.05) is 6.42 Å². The van der Waals surface area contributed by atoms with E-state index in [4.69, 9.17) is 5.73 Å². The first-order valence-corrected chi connectivity index (χ1v) is 6.82. The molecule has 2 aliphatic carbocycles. The van der Waals surface area contributed by atoms with Gasteiger partial charge in [0.05, 0.1) is 0 Å². The summed E-state index contributed by atoms with van der Waals surface area (Å²) in [6.45, 7) is 0.762. The molecular formula is C13H20N4O. The molecule has 3 rings (SSSR count). The first kappa shape index (κ1) is 11.7. The molecule has 5 nitrogen and oxygen atoms in total. The number of aromatic nitrogens is 2. The van der Waals surface area contributed by atoms with Gasteiger partial charge in [0.2, 0.25) is 0 Å². The standard InChI is InChI=1S/C13H20N4O/c14-11-3-1-2-9(11)8-16-12-13(18)17(7-6-15-12)10-4-5-10/h6-7,9-11H,1-5,8,14H2,(H,15,16). The molecule has 0 amide bonds. The molecule has 98 valence electrons. The summed E-state index contributed by atoms with van der Waals surface area (Å²) in [4.78, 5) is 16.3. The Hall–Kier alpha value is -1.36. The van der Waals surface area contributed by atoms with Crippen LogP contribution in [0.25, 0.3) is 0 Å². The molecule has 0 radical (unpaired) electrons. The highest BCUT2D eigenvalue weighted by Crippen LogP contribution is 2.33. The molecule has 1 aromatic rings. The van der Waals surface area contributed by atoms with Gasteiger partial charge in [-0.15, -0.1) is 0 Å². The van der Waals surface area contributed by atoms with Crippen LogP contribution in [0.1, 0.15) is 38.1 Å². The highest BCUT2D eigenvalue weighted by atomic mass is 16.1. The second-order valence-corrected chi connectivity index (χ2v) is 5.46. The number of nitrogens with two attached hydrogens (primary N) is 1. The van der Waals surface area contributed by atoms with Crippen molar-refractivity contribution in [2.75, 3.05) is 11.9 Å². The second-order valence-electron chi connectivity index (χ2n) is 5.46. The van der Waals surface area contributed by atoms with Crippen molar-refractivity contribution < 1.29 is 0 Å². The van der Waals surface area contributed by atoms with Crippen LogP contribution in [0.15, 0.2) is 17.2 Å². The summed E-state index contributed by atoms with van der Waals surface area (Å²) < 4.78 is 1.80. The Morgan fingerprint density at radius 2 is 2.22 bits per heavy atom. The summed E-state index contributed by atoms with van der Waals surface area (Å²) in [5.41, 5.74) is 6.03. The molecule has 3 N–H and O–H groups in total. The van der Waals surface area contributed by atoms with Crippen molar-refractivity contribution in [3.05, 3.63) is 22.7 Å². The van der Waals surface area contributed by atoms with Crippen LogP contribution in [0, 0.1) is 5.92 Å². The molecule has 0 spiro atoms. The minimum atomic E-state index is 0.00608. The number of hydrogen-bond donors (Lipinski definition) is 2. The lowest BCUT2D eigenvalue weighted by Crippen LogP contribution is -2.32. The fourth-order valence-electron chi connectivity index (χ4n) is 2.73. The maximum atomic E-state index is 12.1. The lowest BCUT2D eigenvalue weighted by molar-refractivity contribution is 0.504. The van der Waals surface area contributed by atoms with Crippen LogP contribution in [0.5, 0.6) is 0 Å². The summed E-state index contributed by atoms with van der Waals surface area (Å²) in [5, 5.41) is 3.18. The van der Waals surface area contributed by atoms with Gasteiger partial charge in [-0.3, -0.25) is 4.79 Å². The Labute approximate surface area is 106 Å². The predicted molar refractivity (Wildman–Crippen MR) is 70.6 cm³/mol.